The highest BCUT2D eigenvalue weighted by Gasteiger charge is 2.08. The van der Waals surface area contributed by atoms with Gasteiger partial charge in [-0.05, 0) is 31.0 Å². The van der Waals surface area contributed by atoms with Crippen molar-refractivity contribution >= 4 is 8.25 Å². The average molecular weight is 427 g/mol. The zero-order chi connectivity index (χ0) is 21.2. The van der Waals surface area contributed by atoms with Crippen LogP contribution in [0.15, 0.2) is 18.2 Å². The molecule has 0 spiro atoms. The van der Waals surface area contributed by atoms with E-state index in [2.05, 4.69) is 6.92 Å². The highest BCUT2D eigenvalue weighted by Crippen LogP contribution is 2.35. The predicted octanol–water partition coefficient (Wildman–Crippen LogP) is 8.27. The number of ether oxygens (including phenoxy) is 1. The molecule has 4 nitrogen and oxygen atoms in total. The van der Waals surface area contributed by atoms with E-state index in [0.717, 1.165) is 12.0 Å². The second kappa shape index (κ2) is 17.8. The van der Waals surface area contributed by atoms with Crippen LogP contribution in [0.5, 0.6) is 11.5 Å². The van der Waals surface area contributed by atoms with Gasteiger partial charge in [0.05, 0.1) is 6.61 Å². The predicted molar refractivity (Wildman–Crippen MR) is 124 cm³/mol. The van der Waals surface area contributed by atoms with Crippen LogP contribution in [-0.2, 0) is 9.09 Å². The molecule has 0 aromatic heterocycles. The molecule has 5 heteroatoms. The first-order chi connectivity index (χ1) is 14.2. The van der Waals surface area contributed by atoms with E-state index in [9.17, 15) is 4.57 Å². The Morgan fingerprint density at radius 1 is 0.759 bits per heavy atom. The highest BCUT2D eigenvalue weighted by atomic mass is 31.1. The Bertz CT molecular complexity index is 548. The van der Waals surface area contributed by atoms with Gasteiger partial charge >= 0.3 is 8.25 Å². The molecule has 1 aromatic carbocycles. The second-order valence-corrected chi connectivity index (χ2v) is 9.06. The van der Waals surface area contributed by atoms with Gasteiger partial charge in [-0.2, -0.15) is 0 Å². The van der Waals surface area contributed by atoms with E-state index < -0.39 is 8.25 Å². The molecule has 1 aromatic rings. The lowest BCUT2D eigenvalue weighted by atomic mass is 10.0. The third-order valence-corrected chi connectivity index (χ3v) is 5.93. The van der Waals surface area contributed by atoms with Crippen LogP contribution >= 0.6 is 8.25 Å². The van der Waals surface area contributed by atoms with Gasteiger partial charge in [0.1, 0.15) is 0 Å². The van der Waals surface area contributed by atoms with Crippen LogP contribution in [0.3, 0.4) is 0 Å². The summed E-state index contributed by atoms with van der Waals surface area (Å²) in [6.07, 6.45) is 18.8. The Hall–Kier alpha value is -0.990. The summed E-state index contributed by atoms with van der Waals surface area (Å²) in [6.45, 7) is 4.94. The Morgan fingerprint density at radius 2 is 1.28 bits per heavy atom. The summed E-state index contributed by atoms with van der Waals surface area (Å²) in [4.78, 5) is 0. The minimum absolute atomic E-state index is 0.492. The summed E-state index contributed by atoms with van der Waals surface area (Å²) < 4.78 is 27.4. The molecule has 0 bridgehead atoms. The van der Waals surface area contributed by atoms with Gasteiger partial charge in [0, 0.05) is 7.11 Å². The lowest BCUT2D eigenvalue weighted by molar-refractivity contribution is 0.289. The fraction of sp³-hybridized carbons (Fsp3) is 0.750. The summed E-state index contributed by atoms with van der Waals surface area (Å²) in [5.74, 6) is 1.14. The molecular formula is C24H43O4P. The molecule has 0 aliphatic carbocycles. The lowest BCUT2D eigenvalue weighted by Gasteiger charge is -2.12. The Labute approximate surface area is 179 Å². The molecule has 29 heavy (non-hydrogen) atoms. The Morgan fingerprint density at radius 3 is 1.79 bits per heavy atom. The van der Waals surface area contributed by atoms with Gasteiger partial charge in [0.15, 0.2) is 11.5 Å². The van der Waals surface area contributed by atoms with Gasteiger partial charge in [-0.1, -0.05) is 96.5 Å². The molecule has 0 saturated carbocycles. The van der Waals surface area contributed by atoms with E-state index in [4.69, 9.17) is 13.8 Å². The largest absolute Gasteiger partial charge is 0.490 e. The molecule has 0 fully saturated rings. The van der Waals surface area contributed by atoms with Gasteiger partial charge in [0.25, 0.3) is 0 Å². The summed E-state index contributed by atoms with van der Waals surface area (Å²) >= 11 is 0. The average Bonchev–Trinajstić information content (AvgIpc) is 2.72. The van der Waals surface area contributed by atoms with E-state index >= 15 is 0 Å². The van der Waals surface area contributed by atoms with Gasteiger partial charge < -0.3 is 13.8 Å². The van der Waals surface area contributed by atoms with Crippen molar-refractivity contribution in [3.05, 3.63) is 23.8 Å². The van der Waals surface area contributed by atoms with Crippen molar-refractivity contribution in [3.8, 4) is 11.5 Å². The van der Waals surface area contributed by atoms with Crippen molar-refractivity contribution in [2.24, 2.45) is 0 Å². The minimum Gasteiger partial charge on any atom is -0.490 e. The topological polar surface area (TPSA) is 44.8 Å². The van der Waals surface area contributed by atoms with Crippen molar-refractivity contribution < 1.29 is 18.3 Å². The molecule has 1 rings (SSSR count). The summed E-state index contributed by atoms with van der Waals surface area (Å²) in [5.41, 5.74) is 1.09. The van der Waals surface area contributed by atoms with Crippen LogP contribution in [-0.4, -0.2) is 13.7 Å². The first kappa shape index (κ1) is 26.0. The fourth-order valence-corrected chi connectivity index (χ4v) is 3.85. The number of hydrogen-bond acceptors (Lipinski definition) is 4. The molecular weight excluding hydrogens is 383 g/mol. The summed E-state index contributed by atoms with van der Waals surface area (Å²) in [6, 6.07) is 5.63. The Balaban J connectivity index is 2.01. The van der Waals surface area contributed by atoms with E-state index in [1.165, 1.54) is 90.6 Å². The third kappa shape index (κ3) is 13.8. The maximum atomic E-state index is 11.5. The maximum absolute atomic E-state index is 11.5. The van der Waals surface area contributed by atoms with Crippen LogP contribution in [0, 0.1) is 6.92 Å². The fourth-order valence-electron chi connectivity index (χ4n) is 3.42. The zero-order valence-electron chi connectivity index (χ0n) is 19.0. The molecule has 1 unspecified atom stereocenters. The zero-order valence-corrected chi connectivity index (χ0v) is 20.0. The van der Waals surface area contributed by atoms with E-state index in [0.29, 0.717) is 18.1 Å². The van der Waals surface area contributed by atoms with E-state index in [-0.39, 0.29) is 0 Å². The van der Waals surface area contributed by atoms with Crippen LogP contribution in [0.1, 0.15) is 102 Å². The molecule has 0 aliphatic heterocycles. The number of hydrogen-bond donors (Lipinski definition) is 0. The second-order valence-electron chi connectivity index (χ2n) is 7.95. The van der Waals surface area contributed by atoms with Crippen molar-refractivity contribution in [2.75, 3.05) is 13.7 Å². The molecule has 168 valence electrons. The lowest BCUT2D eigenvalue weighted by Crippen LogP contribution is -1.99. The Kier molecular flexibility index (Phi) is 16.0. The van der Waals surface area contributed by atoms with Crippen molar-refractivity contribution in [3.63, 3.8) is 0 Å². The van der Waals surface area contributed by atoms with Gasteiger partial charge in [-0.15, -0.1) is 0 Å². The first-order valence-electron chi connectivity index (χ1n) is 11.7. The van der Waals surface area contributed by atoms with Crippen LogP contribution in [0.25, 0.3) is 0 Å². The molecule has 0 heterocycles. The normalized spacial score (nSPS) is 12.1. The van der Waals surface area contributed by atoms with Crippen molar-refractivity contribution in [1.29, 1.82) is 0 Å². The van der Waals surface area contributed by atoms with E-state index in [1.54, 1.807) is 6.07 Å². The van der Waals surface area contributed by atoms with Gasteiger partial charge in [-0.3, -0.25) is 0 Å². The monoisotopic (exact) mass is 426 g/mol. The first-order valence-corrected chi connectivity index (χ1v) is 12.9. The molecule has 0 N–H and O–H groups in total. The molecule has 0 saturated heterocycles. The highest BCUT2D eigenvalue weighted by molar-refractivity contribution is 7.33. The third-order valence-electron chi connectivity index (χ3n) is 5.21. The van der Waals surface area contributed by atoms with Gasteiger partial charge in [0.2, 0.25) is 0 Å². The number of benzene rings is 1. The van der Waals surface area contributed by atoms with Crippen molar-refractivity contribution in [2.45, 2.75) is 104 Å². The SMILES string of the molecule is CCCCCCCCCCCCCCCCOc1cc(C)ccc1O[PH](=O)OC. The van der Waals surface area contributed by atoms with Crippen molar-refractivity contribution in [1.82, 2.24) is 0 Å². The maximum Gasteiger partial charge on any atom is 0.367 e. The van der Waals surface area contributed by atoms with Gasteiger partial charge in [-0.25, -0.2) is 4.57 Å². The molecule has 0 radical (unpaired) electrons. The van der Waals surface area contributed by atoms with E-state index in [1.807, 2.05) is 19.1 Å². The number of aryl methyl sites for hydroxylation is 1. The number of unbranched alkanes of at least 4 members (excludes halogenated alkanes) is 13. The van der Waals surface area contributed by atoms with Crippen LogP contribution in [0.2, 0.25) is 0 Å². The minimum atomic E-state index is -2.50. The van der Waals surface area contributed by atoms with Crippen LogP contribution in [0.4, 0.5) is 0 Å². The molecule has 0 amide bonds. The standard InChI is InChI=1S/C24H43O4P/c1-4-5-6-7-8-9-10-11-12-13-14-15-16-17-20-27-24-21-22(2)18-19-23(24)28-29(25)26-3/h18-19,21,29H,4-17,20H2,1-3H3. The quantitative estimate of drug-likeness (QED) is 0.165. The summed E-state index contributed by atoms with van der Waals surface area (Å²) in [7, 11) is -1.12. The molecule has 1 atom stereocenters. The smallest absolute Gasteiger partial charge is 0.367 e. The molecule has 0 aliphatic rings. The number of rotatable bonds is 19. The summed E-state index contributed by atoms with van der Waals surface area (Å²) in [5, 5.41) is 0. The van der Waals surface area contributed by atoms with Crippen LogP contribution < -0.4 is 9.26 Å².